The Hall–Kier alpha value is -0.130. The molecule has 1 N–H and O–H groups in total. The van der Waals surface area contributed by atoms with Crippen LogP contribution >= 0.6 is 23.1 Å². The monoisotopic (exact) mass is 245 g/mol. The zero-order chi connectivity index (χ0) is 11.1. The fraction of sp³-hybridized carbons (Fsp3) is 0.800. The molecule has 2 unspecified atom stereocenters. The third-order valence-electron chi connectivity index (χ3n) is 2.52. The summed E-state index contributed by atoms with van der Waals surface area (Å²) in [6.07, 6.45) is 1.22. The van der Waals surface area contributed by atoms with Gasteiger partial charge in [0.15, 0.2) is 4.34 Å². The second kappa shape index (κ2) is 7.19. The number of rotatable bonds is 7. The van der Waals surface area contributed by atoms with Gasteiger partial charge in [0.1, 0.15) is 5.51 Å². The first-order valence-corrected chi connectivity index (χ1v) is 7.26. The molecule has 0 radical (unpaired) electrons. The highest BCUT2D eigenvalue weighted by molar-refractivity contribution is 8.01. The molecule has 5 heteroatoms. The largest absolute Gasteiger partial charge is 0.313 e. The van der Waals surface area contributed by atoms with Crippen molar-refractivity contribution in [3.05, 3.63) is 5.51 Å². The Kier molecular flexibility index (Phi) is 6.20. The molecule has 0 saturated carbocycles. The van der Waals surface area contributed by atoms with Gasteiger partial charge in [-0.15, -0.1) is 10.2 Å². The summed E-state index contributed by atoms with van der Waals surface area (Å²) < 4.78 is 1.07. The summed E-state index contributed by atoms with van der Waals surface area (Å²) in [6, 6.07) is 0.578. The molecule has 0 aliphatic heterocycles. The van der Waals surface area contributed by atoms with Gasteiger partial charge in [-0.1, -0.05) is 50.3 Å². The highest BCUT2D eigenvalue weighted by Crippen LogP contribution is 2.22. The van der Waals surface area contributed by atoms with Crippen molar-refractivity contribution < 1.29 is 0 Å². The van der Waals surface area contributed by atoms with E-state index in [-0.39, 0.29) is 0 Å². The van der Waals surface area contributed by atoms with Crippen LogP contribution in [0.4, 0.5) is 0 Å². The van der Waals surface area contributed by atoms with Gasteiger partial charge in [0, 0.05) is 11.8 Å². The van der Waals surface area contributed by atoms with Gasteiger partial charge in [0.25, 0.3) is 0 Å². The van der Waals surface area contributed by atoms with E-state index in [9.17, 15) is 0 Å². The third kappa shape index (κ3) is 4.49. The molecule has 1 aromatic heterocycles. The second-order valence-corrected chi connectivity index (χ2v) is 5.67. The maximum absolute atomic E-state index is 4.04. The van der Waals surface area contributed by atoms with Crippen LogP contribution in [-0.2, 0) is 0 Å². The molecule has 0 aliphatic rings. The van der Waals surface area contributed by atoms with Crippen molar-refractivity contribution >= 4 is 23.1 Å². The van der Waals surface area contributed by atoms with Crippen LogP contribution in [0.15, 0.2) is 9.85 Å². The molecule has 2 atom stereocenters. The van der Waals surface area contributed by atoms with Crippen LogP contribution < -0.4 is 5.32 Å². The number of aromatic nitrogens is 2. The SMILES string of the molecule is CCNC(CSc1nncs1)C(C)CC. The number of nitrogens with zero attached hydrogens (tertiary/aromatic N) is 2. The smallest absolute Gasteiger partial charge is 0.174 e. The number of hydrogen-bond donors (Lipinski definition) is 1. The predicted molar refractivity (Wildman–Crippen MR) is 67.6 cm³/mol. The van der Waals surface area contributed by atoms with Crippen molar-refractivity contribution in [2.45, 2.75) is 37.6 Å². The van der Waals surface area contributed by atoms with E-state index in [0.717, 1.165) is 16.6 Å². The summed E-state index contributed by atoms with van der Waals surface area (Å²) in [5, 5.41) is 11.4. The summed E-state index contributed by atoms with van der Waals surface area (Å²) in [4.78, 5) is 0. The molecule has 1 heterocycles. The van der Waals surface area contributed by atoms with Gasteiger partial charge in [0.05, 0.1) is 0 Å². The Morgan fingerprint density at radius 3 is 2.87 bits per heavy atom. The summed E-state index contributed by atoms with van der Waals surface area (Å²) in [5.74, 6) is 1.79. The van der Waals surface area contributed by atoms with Crippen molar-refractivity contribution in [1.82, 2.24) is 15.5 Å². The minimum atomic E-state index is 0.578. The minimum Gasteiger partial charge on any atom is -0.313 e. The van der Waals surface area contributed by atoms with Crippen molar-refractivity contribution in [3.8, 4) is 0 Å². The van der Waals surface area contributed by atoms with Gasteiger partial charge in [-0.25, -0.2) is 0 Å². The average Bonchev–Trinajstić information content (AvgIpc) is 2.76. The average molecular weight is 245 g/mol. The van der Waals surface area contributed by atoms with Crippen molar-refractivity contribution in [1.29, 1.82) is 0 Å². The molecule has 0 fully saturated rings. The normalized spacial score (nSPS) is 15.1. The van der Waals surface area contributed by atoms with Crippen LogP contribution in [-0.4, -0.2) is 28.5 Å². The molecule has 0 aromatic carbocycles. The molecule has 0 bridgehead atoms. The second-order valence-electron chi connectivity index (χ2n) is 3.57. The fourth-order valence-electron chi connectivity index (χ4n) is 1.36. The van der Waals surface area contributed by atoms with Crippen LogP contribution in [0.3, 0.4) is 0 Å². The van der Waals surface area contributed by atoms with Crippen LogP contribution in [0.1, 0.15) is 27.2 Å². The summed E-state index contributed by atoms with van der Waals surface area (Å²) in [7, 11) is 0. The number of nitrogens with one attached hydrogen (secondary N) is 1. The topological polar surface area (TPSA) is 37.8 Å². The van der Waals surface area contributed by atoms with E-state index in [1.54, 1.807) is 28.6 Å². The Bertz CT molecular complexity index is 251. The van der Waals surface area contributed by atoms with Crippen LogP contribution in [0.2, 0.25) is 0 Å². The van der Waals surface area contributed by atoms with E-state index in [4.69, 9.17) is 0 Å². The highest BCUT2D eigenvalue weighted by atomic mass is 32.2. The number of thioether (sulfide) groups is 1. The van der Waals surface area contributed by atoms with Crippen LogP contribution in [0, 0.1) is 5.92 Å². The summed E-state index contributed by atoms with van der Waals surface area (Å²) in [5.41, 5.74) is 1.79. The maximum Gasteiger partial charge on any atom is 0.174 e. The zero-order valence-electron chi connectivity index (χ0n) is 9.56. The Morgan fingerprint density at radius 1 is 1.53 bits per heavy atom. The molecular weight excluding hydrogens is 226 g/mol. The van der Waals surface area contributed by atoms with Crippen molar-refractivity contribution in [3.63, 3.8) is 0 Å². The standard InChI is InChI=1S/C10H19N3S2/c1-4-8(3)9(11-5-2)6-14-10-13-12-7-15-10/h7-9,11H,4-6H2,1-3H3. The van der Waals surface area contributed by atoms with E-state index < -0.39 is 0 Å². The first kappa shape index (κ1) is 12.9. The summed E-state index contributed by atoms with van der Waals surface area (Å²) in [6.45, 7) is 7.73. The molecular formula is C10H19N3S2. The maximum atomic E-state index is 4.04. The first-order chi connectivity index (χ1) is 7.27. The molecule has 0 spiro atoms. The van der Waals surface area contributed by atoms with Gasteiger partial charge in [-0.05, 0) is 12.5 Å². The van der Waals surface area contributed by atoms with E-state index in [1.165, 1.54) is 6.42 Å². The molecule has 1 rings (SSSR count). The predicted octanol–water partition coefficient (Wildman–Crippen LogP) is 2.65. The van der Waals surface area contributed by atoms with Gasteiger partial charge >= 0.3 is 0 Å². The fourth-order valence-corrected chi connectivity index (χ4v) is 3.12. The Balaban J connectivity index is 2.37. The number of hydrogen-bond acceptors (Lipinski definition) is 5. The van der Waals surface area contributed by atoms with Gasteiger partial charge in [-0.3, -0.25) is 0 Å². The molecule has 15 heavy (non-hydrogen) atoms. The molecule has 1 aromatic rings. The Morgan fingerprint density at radius 2 is 2.33 bits per heavy atom. The van der Waals surface area contributed by atoms with E-state index in [2.05, 4.69) is 36.3 Å². The lowest BCUT2D eigenvalue weighted by Crippen LogP contribution is -2.36. The van der Waals surface area contributed by atoms with E-state index >= 15 is 0 Å². The lowest BCUT2D eigenvalue weighted by molar-refractivity contribution is 0.404. The summed E-state index contributed by atoms with van der Waals surface area (Å²) >= 11 is 3.42. The van der Waals surface area contributed by atoms with Crippen LogP contribution in [0.25, 0.3) is 0 Å². The van der Waals surface area contributed by atoms with E-state index in [1.807, 2.05) is 0 Å². The van der Waals surface area contributed by atoms with Crippen molar-refractivity contribution in [2.75, 3.05) is 12.3 Å². The highest BCUT2D eigenvalue weighted by Gasteiger charge is 2.15. The Labute approximate surface area is 100 Å². The molecule has 0 amide bonds. The molecule has 3 nitrogen and oxygen atoms in total. The van der Waals surface area contributed by atoms with Crippen molar-refractivity contribution in [2.24, 2.45) is 5.92 Å². The van der Waals surface area contributed by atoms with E-state index in [0.29, 0.717) is 12.0 Å². The zero-order valence-corrected chi connectivity index (χ0v) is 11.2. The van der Waals surface area contributed by atoms with Crippen LogP contribution in [0.5, 0.6) is 0 Å². The molecule has 0 aliphatic carbocycles. The quantitative estimate of drug-likeness (QED) is 0.750. The lowest BCUT2D eigenvalue weighted by Gasteiger charge is -2.22. The molecule has 86 valence electrons. The minimum absolute atomic E-state index is 0.578. The van der Waals surface area contributed by atoms with Gasteiger partial charge < -0.3 is 5.32 Å². The first-order valence-electron chi connectivity index (χ1n) is 5.40. The van der Waals surface area contributed by atoms with Gasteiger partial charge in [-0.2, -0.15) is 0 Å². The van der Waals surface area contributed by atoms with Gasteiger partial charge in [0.2, 0.25) is 0 Å². The lowest BCUT2D eigenvalue weighted by atomic mass is 10.0. The molecule has 0 saturated heterocycles. The third-order valence-corrected chi connectivity index (χ3v) is 4.50.